The first-order chi connectivity index (χ1) is 11.7. The van der Waals surface area contributed by atoms with Crippen LogP contribution < -0.4 is 5.32 Å². The van der Waals surface area contributed by atoms with Crippen molar-refractivity contribution in [2.24, 2.45) is 0 Å². The monoisotopic (exact) mass is 326 g/mol. The van der Waals surface area contributed by atoms with Gasteiger partial charge in [0.05, 0.1) is 6.54 Å². The van der Waals surface area contributed by atoms with Crippen LogP contribution in [0.2, 0.25) is 0 Å². The molecule has 0 saturated heterocycles. The van der Waals surface area contributed by atoms with Crippen LogP contribution in [0.15, 0.2) is 35.9 Å². The molecule has 3 nitrogen and oxygen atoms in total. The van der Waals surface area contributed by atoms with Crippen LogP contribution in [0.5, 0.6) is 0 Å². The number of fused-ring (bicyclic) bond motifs is 1. The van der Waals surface area contributed by atoms with E-state index in [0.717, 1.165) is 19.4 Å². The van der Waals surface area contributed by atoms with Crippen LogP contribution in [0, 0.1) is 0 Å². The summed E-state index contributed by atoms with van der Waals surface area (Å²) in [6.07, 6.45) is 12.0. The van der Waals surface area contributed by atoms with E-state index in [-0.39, 0.29) is 5.91 Å². The van der Waals surface area contributed by atoms with Crippen molar-refractivity contribution in [1.29, 1.82) is 0 Å². The fraction of sp³-hybridized carbons (Fsp3) is 0.571. The second-order valence-corrected chi connectivity index (χ2v) is 7.23. The molecule has 1 unspecified atom stereocenters. The first kappa shape index (κ1) is 17.2. The van der Waals surface area contributed by atoms with Crippen LogP contribution in [0.4, 0.5) is 0 Å². The Hall–Kier alpha value is -1.61. The van der Waals surface area contributed by atoms with E-state index in [2.05, 4.69) is 47.6 Å². The van der Waals surface area contributed by atoms with Crippen LogP contribution >= 0.6 is 0 Å². The number of carbonyl (C=O) groups excluding carboxylic acids is 1. The largest absolute Gasteiger partial charge is 0.355 e. The highest BCUT2D eigenvalue weighted by Crippen LogP contribution is 2.33. The minimum Gasteiger partial charge on any atom is -0.355 e. The number of aryl methyl sites for hydroxylation is 1. The van der Waals surface area contributed by atoms with Gasteiger partial charge >= 0.3 is 0 Å². The Labute approximate surface area is 146 Å². The van der Waals surface area contributed by atoms with Gasteiger partial charge in [-0.05, 0) is 69.5 Å². The number of nitrogens with zero attached hydrogens (tertiary/aromatic N) is 1. The molecule has 1 N–H and O–H groups in total. The summed E-state index contributed by atoms with van der Waals surface area (Å²) in [7, 11) is 2.08. The Balaban J connectivity index is 1.47. The predicted octanol–water partition coefficient (Wildman–Crippen LogP) is 4.00. The molecule has 1 aromatic carbocycles. The van der Waals surface area contributed by atoms with Gasteiger partial charge in [-0.15, -0.1) is 0 Å². The quantitative estimate of drug-likeness (QED) is 0.801. The molecule has 1 aromatic rings. The average molecular weight is 326 g/mol. The van der Waals surface area contributed by atoms with Crippen LogP contribution in [0.3, 0.4) is 0 Å². The lowest BCUT2D eigenvalue weighted by atomic mass is 9.87. The summed E-state index contributed by atoms with van der Waals surface area (Å²) in [5, 5.41) is 3.10. The first-order valence-electron chi connectivity index (χ1n) is 9.46. The van der Waals surface area contributed by atoms with E-state index in [1.165, 1.54) is 55.2 Å². The van der Waals surface area contributed by atoms with Gasteiger partial charge in [-0.3, -0.25) is 9.69 Å². The van der Waals surface area contributed by atoms with Gasteiger partial charge in [0.25, 0.3) is 0 Å². The number of nitrogens with one attached hydrogen (secondary N) is 1. The summed E-state index contributed by atoms with van der Waals surface area (Å²) in [6, 6.07) is 9.06. The van der Waals surface area contributed by atoms with Gasteiger partial charge in [0.15, 0.2) is 0 Å². The number of benzene rings is 1. The first-order valence-corrected chi connectivity index (χ1v) is 9.46. The van der Waals surface area contributed by atoms with Crippen molar-refractivity contribution in [2.75, 3.05) is 20.1 Å². The normalized spacial score (nSPS) is 20.4. The molecule has 3 rings (SSSR count). The molecule has 0 heterocycles. The maximum Gasteiger partial charge on any atom is 0.234 e. The molecule has 0 aromatic heterocycles. The number of allylic oxidation sites excluding steroid dienone is 1. The highest BCUT2D eigenvalue weighted by Gasteiger charge is 2.24. The molecular weight excluding hydrogens is 296 g/mol. The second-order valence-electron chi connectivity index (χ2n) is 7.23. The maximum atomic E-state index is 12.3. The topological polar surface area (TPSA) is 32.3 Å². The smallest absolute Gasteiger partial charge is 0.234 e. The number of hydrogen-bond donors (Lipinski definition) is 1. The molecule has 0 bridgehead atoms. The van der Waals surface area contributed by atoms with Gasteiger partial charge in [0.2, 0.25) is 5.91 Å². The molecule has 0 saturated carbocycles. The predicted molar refractivity (Wildman–Crippen MR) is 98.9 cm³/mol. The van der Waals surface area contributed by atoms with Gasteiger partial charge in [-0.25, -0.2) is 0 Å². The summed E-state index contributed by atoms with van der Waals surface area (Å²) < 4.78 is 0. The molecule has 1 amide bonds. The zero-order chi connectivity index (χ0) is 16.8. The lowest BCUT2D eigenvalue weighted by Crippen LogP contribution is -2.38. The average Bonchev–Trinajstić information content (AvgIpc) is 2.62. The van der Waals surface area contributed by atoms with Crippen LogP contribution in [0.25, 0.3) is 0 Å². The third-order valence-electron chi connectivity index (χ3n) is 5.42. The lowest BCUT2D eigenvalue weighted by Gasteiger charge is -2.32. The third-order valence-corrected chi connectivity index (χ3v) is 5.42. The number of rotatable bonds is 6. The Kier molecular flexibility index (Phi) is 6.08. The number of likely N-dealkylation sites (N-methyl/N-ethyl adjacent to an activating group) is 1. The van der Waals surface area contributed by atoms with Gasteiger partial charge in [-0.1, -0.05) is 35.9 Å². The minimum absolute atomic E-state index is 0.150. The molecule has 2 aliphatic carbocycles. The van der Waals surface area contributed by atoms with Crippen LogP contribution in [-0.4, -0.2) is 30.9 Å². The highest BCUT2D eigenvalue weighted by atomic mass is 16.2. The molecule has 1 atom stereocenters. The summed E-state index contributed by atoms with van der Waals surface area (Å²) in [5.74, 6) is 0.150. The zero-order valence-electron chi connectivity index (χ0n) is 14.9. The molecule has 130 valence electrons. The van der Waals surface area contributed by atoms with E-state index >= 15 is 0 Å². The van der Waals surface area contributed by atoms with E-state index < -0.39 is 0 Å². The molecular formula is C21H30N2O. The van der Waals surface area contributed by atoms with Crippen LogP contribution in [-0.2, 0) is 11.2 Å². The Morgan fingerprint density at radius 3 is 2.92 bits per heavy atom. The van der Waals surface area contributed by atoms with Gasteiger partial charge in [0, 0.05) is 12.6 Å². The Morgan fingerprint density at radius 2 is 2.08 bits per heavy atom. The third kappa shape index (κ3) is 4.47. The van der Waals surface area contributed by atoms with Gasteiger partial charge in [-0.2, -0.15) is 0 Å². The fourth-order valence-corrected chi connectivity index (χ4v) is 4.07. The van der Waals surface area contributed by atoms with Crippen molar-refractivity contribution >= 4 is 5.91 Å². The maximum absolute atomic E-state index is 12.3. The van der Waals surface area contributed by atoms with Crippen molar-refractivity contribution in [3.8, 4) is 0 Å². The molecule has 0 aliphatic heterocycles. The van der Waals surface area contributed by atoms with Crippen molar-refractivity contribution in [1.82, 2.24) is 10.2 Å². The molecule has 24 heavy (non-hydrogen) atoms. The minimum atomic E-state index is 0.150. The van der Waals surface area contributed by atoms with Crippen molar-refractivity contribution < 1.29 is 4.79 Å². The van der Waals surface area contributed by atoms with Crippen molar-refractivity contribution in [3.63, 3.8) is 0 Å². The van der Waals surface area contributed by atoms with E-state index in [9.17, 15) is 4.79 Å². The van der Waals surface area contributed by atoms with Crippen molar-refractivity contribution in [3.05, 3.63) is 47.0 Å². The molecule has 0 fully saturated rings. The van der Waals surface area contributed by atoms with Crippen molar-refractivity contribution in [2.45, 2.75) is 57.4 Å². The van der Waals surface area contributed by atoms with Gasteiger partial charge in [0.1, 0.15) is 0 Å². The number of amides is 1. The Morgan fingerprint density at radius 1 is 1.21 bits per heavy atom. The number of hydrogen-bond acceptors (Lipinski definition) is 2. The summed E-state index contributed by atoms with van der Waals surface area (Å²) >= 11 is 0. The van der Waals surface area contributed by atoms with E-state index in [4.69, 9.17) is 0 Å². The zero-order valence-corrected chi connectivity index (χ0v) is 14.9. The molecule has 2 aliphatic rings. The standard InChI is InChI=1S/C21H30N2O/c1-23(20-13-7-11-18-10-5-6-12-19(18)20)16-21(24)22-15-14-17-8-3-2-4-9-17/h5-6,8,10,12,20H,2-4,7,9,11,13-16H2,1H3,(H,22,24). The SMILES string of the molecule is CN(CC(=O)NCCC1=CCCCC1)C1CCCc2ccccc21. The molecule has 0 radical (unpaired) electrons. The van der Waals surface area contributed by atoms with Gasteiger partial charge < -0.3 is 5.32 Å². The highest BCUT2D eigenvalue weighted by molar-refractivity contribution is 5.78. The summed E-state index contributed by atoms with van der Waals surface area (Å²) in [4.78, 5) is 14.5. The van der Waals surface area contributed by atoms with E-state index in [0.29, 0.717) is 12.6 Å². The fourth-order valence-electron chi connectivity index (χ4n) is 4.07. The summed E-state index contributed by atoms with van der Waals surface area (Å²) in [6.45, 7) is 1.26. The van der Waals surface area contributed by atoms with E-state index in [1.54, 1.807) is 0 Å². The molecule has 0 spiro atoms. The second kappa shape index (κ2) is 8.48. The number of carbonyl (C=O) groups is 1. The summed E-state index contributed by atoms with van der Waals surface area (Å²) in [5.41, 5.74) is 4.38. The van der Waals surface area contributed by atoms with E-state index in [1.807, 2.05) is 0 Å². The lowest BCUT2D eigenvalue weighted by molar-refractivity contribution is -0.122. The molecule has 3 heteroatoms. The Bertz CT molecular complexity index is 593. The van der Waals surface area contributed by atoms with Crippen LogP contribution in [0.1, 0.15) is 62.1 Å².